The van der Waals surface area contributed by atoms with Gasteiger partial charge in [-0.1, -0.05) is 0 Å². The number of nitrogens with zero attached hydrogens (tertiary/aromatic N) is 1. The summed E-state index contributed by atoms with van der Waals surface area (Å²) in [6.45, 7) is 0. The molecule has 0 aromatic rings. The quantitative estimate of drug-likeness (QED) is 0.328. The summed E-state index contributed by atoms with van der Waals surface area (Å²) in [5, 5.41) is 17.9. The fourth-order valence-corrected chi connectivity index (χ4v) is 5.00. The average molecular weight is 334 g/mol. The van der Waals surface area contributed by atoms with E-state index in [4.69, 9.17) is 4.74 Å². The first-order valence-corrected chi connectivity index (χ1v) is 7.73. The van der Waals surface area contributed by atoms with Gasteiger partial charge in [-0.3, -0.25) is 5.04 Å². The minimum atomic E-state index is -4.03. The monoisotopic (exact) mass is 334 g/mol. The van der Waals surface area contributed by atoms with E-state index in [0.717, 1.165) is 19.3 Å². The van der Waals surface area contributed by atoms with Crippen LogP contribution in [0.4, 0.5) is 8.78 Å². The van der Waals surface area contributed by atoms with Gasteiger partial charge >= 0.3 is 11.2 Å². The van der Waals surface area contributed by atoms with Crippen molar-refractivity contribution in [3.8, 4) is 6.07 Å². The summed E-state index contributed by atoms with van der Waals surface area (Å²) >= 11 is -0.687. The largest absolute Gasteiger partial charge is 0.691 e. The predicted octanol–water partition coefficient (Wildman–Crippen LogP) is 1.86. The SMILES string of the molecule is N#CC12CC3CC(C1)CC(OC(=O)C(F)(F)SOO[O-])(C3)C2. The van der Waals surface area contributed by atoms with Gasteiger partial charge < -0.3 is 9.99 Å². The molecule has 4 saturated carbocycles. The molecule has 6 nitrogen and oxygen atoms in total. The van der Waals surface area contributed by atoms with Gasteiger partial charge in [-0.15, -0.1) is 0 Å². The Morgan fingerprint density at radius 1 is 1.32 bits per heavy atom. The van der Waals surface area contributed by atoms with Crippen molar-refractivity contribution >= 4 is 18.0 Å². The Hall–Kier alpha value is -0.950. The summed E-state index contributed by atoms with van der Waals surface area (Å²) in [6, 6.07) is 2.31. The second-order valence-electron chi connectivity index (χ2n) is 6.66. The Kier molecular flexibility index (Phi) is 3.84. The fourth-order valence-electron chi connectivity index (χ4n) is 4.78. The highest BCUT2D eigenvalue weighted by Gasteiger charge is 2.61. The summed E-state index contributed by atoms with van der Waals surface area (Å²) in [5.41, 5.74) is -1.57. The number of hydrogen-bond donors (Lipinski definition) is 0. The van der Waals surface area contributed by atoms with E-state index in [-0.39, 0.29) is 11.8 Å². The van der Waals surface area contributed by atoms with E-state index in [0.29, 0.717) is 19.3 Å². The van der Waals surface area contributed by atoms with Crippen molar-refractivity contribution in [2.45, 2.75) is 49.4 Å². The van der Waals surface area contributed by atoms with Gasteiger partial charge in [0.1, 0.15) is 17.6 Å². The molecule has 0 amide bonds. The smallest absolute Gasteiger partial charge is 0.415 e. The molecule has 4 aliphatic carbocycles. The molecule has 0 N–H and O–H groups in total. The fraction of sp³-hybridized carbons (Fsp3) is 0.846. The molecule has 0 spiro atoms. The van der Waals surface area contributed by atoms with Crippen LogP contribution in [0.1, 0.15) is 38.5 Å². The molecule has 4 bridgehead atoms. The van der Waals surface area contributed by atoms with E-state index in [1.54, 1.807) is 0 Å². The highest BCUT2D eigenvalue weighted by atomic mass is 32.2. The Balaban J connectivity index is 1.75. The first-order chi connectivity index (χ1) is 10.3. The van der Waals surface area contributed by atoms with Crippen LogP contribution < -0.4 is 5.26 Å². The summed E-state index contributed by atoms with van der Waals surface area (Å²) in [4.78, 5) is 11.7. The number of hydrogen-bond acceptors (Lipinski definition) is 7. The van der Waals surface area contributed by atoms with Crippen molar-refractivity contribution < 1.29 is 32.9 Å². The highest BCUT2D eigenvalue weighted by Crippen LogP contribution is 2.62. The van der Waals surface area contributed by atoms with Crippen molar-refractivity contribution in [3.63, 3.8) is 0 Å². The molecule has 4 aliphatic rings. The zero-order valence-electron chi connectivity index (χ0n) is 11.5. The van der Waals surface area contributed by atoms with Gasteiger partial charge in [0.15, 0.2) is 0 Å². The predicted molar refractivity (Wildman–Crippen MR) is 66.3 cm³/mol. The third kappa shape index (κ3) is 2.69. The summed E-state index contributed by atoms with van der Waals surface area (Å²) in [6.07, 6.45) is 3.78. The van der Waals surface area contributed by atoms with Crippen LogP contribution in [0.3, 0.4) is 0 Å². The molecule has 22 heavy (non-hydrogen) atoms. The minimum Gasteiger partial charge on any atom is -0.691 e. The summed E-state index contributed by atoms with van der Waals surface area (Å²) < 4.78 is 35.8. The van der Waals surface area contributed by atoms with Crippen LogP contribution in [0.5, 0.6) is 0 Å². The van der Waals surface area contributed by atoms with Crippen molar-refractivity contribution in [1.29, 1.82) is 5.26 Å². The van der Waals surface area contributed by atoms with E-state index in [1.165, 1.54) is 0 Å². The lowest BCUT2D eigenvalue weighted by Gasteiger charge is -2.58. The Morgan fingerprint density at radius 3 is 2.50 bits per heavy atom. The van der Waals surface area contributed by atoms with Crippen LogP contribution in [-0.4, -0.2) is 16.8 Å². The van der Waals surface area contributed by atoms with Crippen molar-refractivity contribution in [2.75, 3.05) is 0 Å². The van der Waals surface area contributed by atoms with Gasteiger partial charge in [0.05, 0.1) is 11.5 Å². The van der Waals surface area contributed by atoms with Gasteiger partial charge in [0, 0.05) is 6.42 Å². The lowest BCUT2D eigenvalue weighted by atomic mass is 9.48. The molecule has 4 rings (SSSR count). The zero-order chi connectivity index (χ0) is 16.0. The maximum absolute atomic E-state index is 13.5. The molecule has 0 aromatic heterocycles. The molecule has 2 unspecified atom stereocenters. The highest BCUT2D eigenvalue weighted by molar-refractivity contribution is 7.96. The van der Waals surface area contributed by atoms with E-state index in [2.05, 4.69) is 15.4 Å². The second kappa shape index (κ2) is 5.30. The topological polar surface area (TPSA) is 91.6 Å². The molecule has 2 atom stereocenters. The van der Waals surface area contributed by atoms with Gasteiger partial charge in [-0.05, 0) is 43.9 Å². The van der Waals surface area contributed by atoms with Gasteiger partial charge in [-0.25, -0.2) is 4.79 Å². The van der Waals surface area contributed by atoms with E-state index < -0.39 is 34.3 Å². The minimum absolute atomic E-state index is 0.233. The van der Waals surface area contributed by atoms with Crippen LogP contribution in [0, 0.1) is 28.6 Å². The van der Waals surface area contributed by atoms with Crippen LogP contribution in [0.15, 0.2) is 0 Å². The molecule has 122 valence electrons. The van der Waals surface area contributed by atoms with Crippen LogP contribution in [0.2, 0.25) is 0 Å². The molecule has 0 heterocycles. The zero-order valence-corrected chi connectivity index (χ0v) is 12.4. The molecular weight excluding hydrogens is 320 g/mol. The van der Waals surface area contributed by atoms with Crippen molar-refractivity contribution in [3.05, 3.63) is 0 Å². The number of ether oxygens (including phenoxy) is 1. The second-order valence-corrected chi connectivity index (χ2v) is 7.48. The van der Waals surface area contributed by atoms with E-state index >= 15 is 0 Å². The van der Waals surface area contributed by atoms with Crippen molar-refractivity contribution in [1.82, 2.24) is 0 Å². The number of esters is 1. The molecule has 0 radical (unpaired) electrons. The van der Waals surface area contributed by atoms with Gasteiger partial charge in [-0.2, -0.15) is 18.4 Å². The number of carbonyl (C=O) groups is 1. The lowest BCUT2D eigenvalue weighted by molar-refractivity contribution is -0.777. The molecule has 9 heteroatoms. The summed E-state index contributed by atoms with van der Waals surface area (Å²) in [5.74, 6) is -1.29. The third-order valence-corrected chi connectivity index (χ3v) is 5.46. The summed E-state index contributed by atoms with van der Waals surface area (Å²) in [7, 11) is 0. The van der Waals surface area contributed by atoms with Crippen LogP contribution in [0.25, 0.3) is 0 Å². The molecular formula is C13H14F2NO5S-. The van der Waals surface area contributed by atoms with Gasteiger partial charge in [0.25, 0.3) is 0 Å². The van der Waals surface area contributed by atoms with Crippen LogP contribution in [-0.2, 0) is 18.9 Å². The van der Waals surface area contributed by atoms with Crippen molar-refractivity contribution in [2.24, 2.45) is 17.3 Å². The third-order valence-electron chi connectivity index (χ3n) is 4.96. The standard InChI is InChI=1S/C13H15F2NO5S/c14-13(15,22-21-20-18)10(17)19-12-4-8-1-9(5-12)3-11(2-8,6-12)7-16/h8-9,18H,1-6H2/p-1. The van der Waals surface area contributed by atoms with E-state index in [1.807, 2.05) is 0 Å². The van der Waals surface area contributed by atoms with Gasteiger partial charge in [0.2, 0.25) is 0 Å². The molecule has 0 saturated heterocycles. The number of nitriles is 1. The maximum Gasteiger partial charge on any atom is 0.415 e. The Bertz CT molecular complexity index is 509. The van der Waals surface area contributed by atoms with E-state index in [9.17, 15) is 24.1 Å². The maximum atomic E-state index is 13.5. The lowest BCUT2D eigenvalue weighted by Crippen LogP contribution is -2.57. The molecule has 0 aromatic carbocycles. The number of alkyl halides is 2. The average Bonchev–Trinajstić information content (AvgIpc) is 2.43. The first-order valence-electron chi connectivity index (χ1n) is 6.99. The Morgan fingerprint density at radius 2 is 1.95 bits per heavy atom. The normalized spacial score (nSPS) is 39.5. The Labute approximate surface area is 129 Å². The number of rotatable bonds is 5. The molecule has 4 fully saturated rings. The first kappa shape index (κ1) is 15.9. The number of carbonyl (C=O) groups excluding carboxylic acids is 1. The number of halogens is 2. The van der Waals surface area contributed by atoms with Crippen LogP contribution >= 0.6 is 12.0 Å². The molecule has 0 aliphatic heterocycles.